The highest BCUT2D eigenvalue weighted by Crippen LogP contribution is 2.37. The maximum atomic E-state index is 13.9. The van der Waals surface area contributed by atoms with Crippen LogP contribution in [0.2, 0.25) is 0 Å². The third-order valence-corrected chi connectivity index (χ3v) is 7.70. The Morgan fingerprint density at radius 3 is 2.49 bits per heavy atom. The first-order valence-corrected chi connectivity index (χ1v) is 13.5. The van der Waals surface area contributed by atoms with Gasteiger partial charge in [0.25, 0.3) is 0 Å². The smallest absolute Gasteiger partial charge is 0.240 e. The van der Waals surface area contributed by atoms with Gasteiger partial charge in [-0.15, -0.1) is 0 Å². The molecule has 9 nitrogen and oxygen atoms in total. The van der Waals surface area contributed by atoms with Gasteiger partial charge in [0, 0.05) is 57.0 Å². The predicted molar refractivity (Wildman–Crippen MR) is 157 cm³/mol. The molecule has 4 aromatic rings. The van der Waals surface area contributed by atoms with E-state index in [9.17, 15) is 14.0 Å². The first-order chi connectivity index (χ1) is 19.9. The van der Waals surface area contributed by atoms with E-state index < -0.39 is 11.7 Å². The van der Waals surface area contributed by atoms with E-state index >= 15 is 0 Å². The molecule has 0 saturated carbocycles. The van der Waals surface area contributed by atoms with Gasteiger partial charge in [-0.1, -0.05) is 12.1 Å². The van der Waals surface area contributed by atoms with E-state index in [-0.39, 0.29) is 11.8 Å². The molecule has 0 bridgehead atoms. The van der Waals surface area contributed by atoms with E-state index in [2.05, 4.69) is 32.1 Å². The number of nitrogens with one attached hydrogen (secondary N) is 1. The lowest BCUT2D eigenvalue weighted by Gasteiger charge is -2.32. The Kier molecular flexibility index (Phi) is 7.25. The Morgan fingerprint density at radius 1 is 1.00 bits per heavy atom. The van der Waals surface area contributed by atoms with Crippen LogP contribution in [0.4, 0.5) is 21.5 Å². The minimum Gasteiger partial charge on any atom is -0.325 e. The van der Waals surface area contributed by atoms with Gasteiger partial charge >= 0.3 is 0 Å². The SMILES string of the molecule is CN1CCN(CC(=O)N(C)c2ccc(N=C(c3ccc4nccnc4c3)C3C(=O)Nc4cc(F)ccc43)cc2)CC1. The summed E-state index contributed by atoms with van der Waals surface area (Å²) in [6.07, 6.45) is 3.24. The monoisotopic (exact) mass is 551 g/mol. The number of piperazine rings is 1. The molecule has 1 fully saturated rings. The zero-order valence-electron chi connectivity index (χ0n) is 22.9. The number of hydrogen-bond donors (Lipinski definition) is 1. The molecule has 1 atom stereocenters. The maximum Gasteiger partial charge on any atom is 0.240 e. The van der Waals surface area contributed by atoms with Crippen LogP contribution in [0.15, 0.2) is 78.0 Å². The van der Waals surface area contributed by atoms with Crippen LogP contribution in [-0.2, 0) is 9.59 Å². The number of hydrogen-bond acceptors (Lipinski definition) is 7. The number of aliphatic imine (C=N–C) groups is 1. The van der Waals surface area contributed by atoms with Crippen LogP contribution in [-0.4, -0.2) is 84.1 Å². The van der Waals surface area contributed by atoms with E-state index in [1.165, 1.54) is 12.1 Å². The molecule has 2 aliphatic rings. The van der Waals surface area contributed by atoms with Crippen molar-refractivity contribution in [3.8, 4) is 0 Å². The quantitative estimate of drug-likeness (QED) is 0.366. The number of likely N-dealkylation sites (N-methyl/N-ethyl adjacent to an activating group) is 2. The minimum absolute atomic E-state index is 0.0234. The molecule has 0 radical (unpaired) electrons. The molecule has 10 heteroatoms. The molecular weight excluding hydrogens is 521 g/mol. The van der Waals surface area contributed by atoms with Crippen LogP contribution in [0.3, 0.4) is 0 Å². The van der Waals surface area contributed by atoms with E-state index in [0.717, 1.165) is 37.4 Å². The average Bonchev–Trinajstić information content (AvgIpc) is 3.31. The summed E-state index contributed by atoms with van der Waals surface area (Å²) in [7, 11) is 3.86. The van der Waals surface area contributed by atoms with Crippen molar-refractivity contribution in [1.29, 1.82) is 0 Å². The van der Waals surface area contributed by atoms with Crippen molar-refractivity contribution in [2.45, 2.75) is 5.92 Å². The van der Waals surface area contributed by atoms with Crippen LogP contribution in [0, 0.1) is 5.82 Å². The van der Waals surface area contributed by atoms with Crippen molar-refractivity contribution in [1.82, 2.24) is 19.8 Å². The molecule has 0 aliphatic carbocycles. The fourth-order valence-electron chi connectivity index (χ4n) is 5.26. The summed E-state index contributed by atoms with van der Waals surface area (Å²) >= 11 is 0. The second-order valence-corrected chi connectivity index (χ2v) is 10.5. The Balaban J connectivity index is 1.31. The molecule has 1 N–H and O–H groups in total. The third-order valence-electron chi connectivity index (χ3n) is 7.70. The minimum atomic E-state index is -0.743. The largest absolute Gasteiger partial charge is 0.325 e. The molecule has 2 amide bonds. The van der Waals surface area contributed by atoms with Gasteiger partial charge in [0.2, 0.25) is 11.8 Å². The van der Waals surface area contributed by atoms with Crippen molar-refractivity contribution in [3.63, 3.8) is 0 Å². The van der Waals surface area contributed by atoms with Gasteiger partial charge < -0.3 is 15.1 Å². The fraction of sp³-hybridized carbons (Fsp3) is 0.258. The Morgan fingerprint density at radius 2 is 1.73 bits per heavy atom. The molecule has 41 heavy (non-hydrogen) atoms. The lowest BCUT2D eigenvalue weighted by molar-refractivity contribution is -0.120. The third kappa shape index (κ3) is 5.57. The van der Waals surface area contributed by atoms with Crippen molar-refractivity contribution < 1.29 is 14.0 Å². The van der Waals surface area contributed by atoms with Crippen LogP contribution < -0.4 is 10.2 Å². The van der Waals surface area contributed by atoms with Crippen LogP contribution >= 0.6 is 0 Å². The highest BCUT2D eigenvalue weighted by atomic mass is 19.1. The molecular formula is C31H30FN7O2. The summed E-state index contributed by atoms with van der Waals surface area (Å²) in [5, 5.41) is 2.80. The fourth-order valence-corrected chi connectivity index (χ4v) is 5.26. The van der Waals surface area contributed by atoms with E-state index in [1.54, 1.807) is 30.4 Å². The number of fused-ring (bicyclic) bond motifs is 2. The van der Waals surface area contributed by atoms with Gasteiger partial charge in [-0.2, -0.15) is 0 Å². The predicted octanol–water partition coefficient (Wildman–Crippen LogP) is 3.84. The molecule has 0 spiro atoms. The number of aromatic nitrogens is 2. The van der Waals surface area contributed by atoms with Gasteiger partial charge in [-0.3, -0.25) is 29.4 Å². The molecule has 3 heterocycles. The number of halogens is 1. The second-order valence-electron chi connectivity index (χ2n) is 10.5. The van der Waals surface area contributed by atoms with Crippen molar-refractivity contribution in [2.24, 2.45) is 4.99 Å². The van der Waals surface area contributed by atoms with Gasteiger partial charge in [0.05, 0.1) is 29.0 Å². The molecule has 1 saturated heterocycles. The number of rotatable bonds is 6. The number of nitrogens with zero attached hydrogens (tertiary/aromatic N) is 6. The molecule has 2 aliphatic heterocycles. The van der Waals surface area contributed by atoms with Crippen LogP contribution in [0.25, 0.3) is 11.0 Å². The zero-order valence-corrected chi connectivity index (χ0v) is 22.9. The highest BCUT2D eigenvalue weighted by molar-refractivity contribution is 6.24. The van der Waals surface area contributed by atoms with Crippen molar-refractivity contribution in [3.05, 3.63) is 90.0 Å². The van der Waals surface area contributed by atoms with Crippen molar-refractivity contribution in [2.75, 3.05) is 57.0 Å². The van der Waals surface area contributed by atoms with Crippen LogP contribution in [0.5, 0.6) is 0 Å². The highest BCUT2D eigenvalue weighted by Gasteiger charge is 2.36. The summed E-state index contributed by atoms with van der Waals surface area (Å²) in [6, 6.07) is 17.2. The molecule has 1 aromatic heterocycles. The normalized spacial score (nSPS) is 17.9. The Bertz CT molecular complexity index is 1650. The summed E-state index contributed by atoms with van der Waals surface area (Å²) in [5.74, 6) is -1.43. The van der Waals surface area contributed by atoms with Gasteiger partial charge in [-0.05, 0) is 66.7 Å². The molecule has 208 valence electrons. The standard InChI is InChI=1S/C31H30FN7O2/c1-37-13-15-39(16-14-37)19-28(40)38(2)23-7-5-22(6-8-23)35-30(20-3-10-25-27(17-20)34-12-11-33-25)29-24-9-4-21(32)18-26(24)36-31(29)41/h3-12,17-18,29H,13-16,19H2,1-2H3,(H,36,41). The molecule has 3 aromatic carbocycles. The molecule has 1 unspecified atom stereocenters. The number of amides is 2. The van der Waals surface area contributed by atoms with Gasteiger partial charge in [-0.25, -0.2) is 4.39 Å². The number of anilines is 2. The van der Waals surface area contributed by atoms with Gasteiger partial charge in [0.1, 0.15) is 11.7 Å². The van der Waals surface area contributed by atoms with Gasteiger partial charge in [0.15, 0.2) is 0 Å². The van der Waals surface area contributed by atoms with E-state index in [1.807, 2.05) is 42.5 Å². The topological polar surface area (TPSA) is 94.0 Å². The van der Waals surface area contributed by atoms with Crippen molar-refractivity contribution >= 4 is 45.6 Å². The summed E-state index contributed by atoms with van der Waals surface area (Å²) in [5.41, 5.74) is 5.07. The lowest BCUT2D eigenvalue weighted by atomic mass is 9.90. The number of carbonyl (C=O) groups excluding carboxylic acids is 2. The summed E-state index contributed by atoms with van der Waals surface area (Å²) in [4.78, 5) is 46.0. The zero-order chi connectivity index (χ0) is 28.5. The Hall–Kier alpha value is -4.54. The maximum absolute atomic E-state index is 13.9. The number of benzene rings is 3. The number of carbonyl (C=O) groups is 2. The van der Waals surface area contributed by atoms with E-state index in [4.69, 9.17) is 4.99 Å². The molecule has 6 rings (SSSR count). The summed E-state index contributed by atoms with van der Waals surface area (Å²) < 4.78 is 13.9. The first-order valence-electron chi connectivity index (χ1n) is 13.5. The van der Waals surface area contributed by atoms with E-state index in [0.29, 0.717) is 40.3 Å². The lowest BCUT2D eigenvalue weighted by Crippen LogP contribution is -2.48. The van der Waals surface area contributed by atoms with Crippen LogP contribution in [0.1, 0.15) is 17.0 Å². The first kappa shape index (κ1) is 26.7. The summed E-state index contributed by atoms with van der Waals surface area (Å²) in [6.45, 7) is 4.02. The Labute approximate surface area is 237 Å². The second kappa shape index (κ2) is 11.1. The average molecular weight is 552 g/mol.